The third-order valence-electron chi connectivity index (χ3n) is 0.534. The standard InChI is InChI=1S/2C2H6O4S.C2H4.2H3N/c2*1-2-6-7(3,4)5;1-2;;/h2*2H2,1H3,(H,3,4,5);1-2H2;2*1H3. The van der Waals surface area contributed by atoms with E-state index in [1.54, 1.807) is 0 Å². The van der Waals surface area contributed by atoms with Gasteiger partial charge >= 0.3 is 20.8 Å². The Morgan fingerprint density at radius 1 is 0.833 bits per heavy atom. The fourth-order valence-corrected chi connectivity index (χ4v) is 0.894. The summed E-state index contributed by atoms with van der Waals surface area (Å²) in [4.78, 5) is 0. The normalized spacial score (nSPS) is 9.33. The van der Waals surface area contributed by atoms with E-state index in [4.69, 9.17) is 9.11 Å². The van der Waals surface area contributed by atoms with Gasteiger partial charge in [0.15, 0.2) is 0 Å². The smallest absolute Gasteiger partial charge is 0.344 e. The molecule has 10 nitrogen and oxygen atoms in total. The van der Waals surface area contributed by atoms with E-state index in [1.807, 2.05) is 0 Å². The van der Waals surface area contributed by atoms with Crippen molar-refractivity contribution in [1.29, 1.82) is 0 Å². The van der Waals surface area contributed by atoms with Gasteiger partial charge in [-0.3, -0.25) is 9.11 Å². The minimum atomic E-state index is -4.17. The molecule has 0 spiro atoms. The predicted molar refractivity (Wildman–Crippen MR) is 67.6 cm³/mol. The quantitative estimate of drug-likeness (QED) is 0.424. The Kier molecular flexibility index (Phi) is 27.7. The van der Waals surface area contributed by atoms with E-state index < -0.39 is 20.8 Å². The van der Waals surface area contributed by atoms with Gasteiger partial charge in [-0.1, -0.05) is 0 Å². The summed E-state index contributed by atoms with van der Waals surface area (Å²) in [6.45, 7) is 8.87. The van der Waals surface area contributed by atoms with Crippen LogP contribution in [0.2, 0.25) is 0 Å². The van der Waals surface area contributed by atoms with Crippen molar-refractivity contribution in [3.8, 4) is 0 Å². The topological polar surface area (TPSA) is 197 Å². The van der Waals surface area contributed by atoms with E-state index in [1.165, 1.54) is 13.8 Å². The van der Waals surface area contributed by atoms with E-state index in [9.17, 15) is 16.8 Å². The van der Waals surface area contributed by atoms with Crippen LogP contribution in [0.3, 0.4) is 0 Å². The van der Waals surface area contributed by atoms with Gasteiger partial charge in [-0.05, 0) is 13.8 Å². The first-order valence-corrected chi connectivity index (χ1v) is 6.59. The van der Waals surface area contributed by atoms with Crippen molar-refractivity contribution in [1.82, 2.24) is 12.3 Å². The van der Waals surface area contributed by atoms with Gasteiger partial charge < -0.3 is 12.3 Å². The van der Waals surface area contributed by atoms with Crippen molar-refractivity contribution in [2.75, 3.05) is 13.2 Å². The van der Waals surface area contributed by atoms with Gasteiger partial charge in [0, 0.05) is 0 Å². The highest BCUT2D eigenvalue weighted by molar-refractivity contribution is 7.81. The van der Waals surface area contributed by atoms with Crippen LogP contribution in [0.4, 0.5) is 0 Å². The molecule has 0 saturated heterocycles. The van der Waals surface area contributed by atoms with Crippen molar-refractivity contribution < 1.29 is 34.3 Å². The average Bonchev–Trinajstić information content (AvgIpc) is 2.04. The summed E-state index contributed by atoms with van der Waals surface area (Å²) < 4.78 is 61.3. The van der Waals surface area contributed by atoms with Crippen LogP contribution in [0.5, 0.6) is 0 Å². The molecule has 0 aromatic rings. The lowest BCUT2D eigenvalue weighted by Gasteiger charge is -1.88. The average molecular weight is 314 g/mol. The van der Waals surface area contributed by atoms with Gasteiger partial charge in [-0.25, -0.2) is 8.37 Å². The Labute approximate surface area is 108 Å². The first-order valence-electron chi connectivity index (χ1n) is 3.86. The summed E-state index contributed by atoms with van der Waals surface area (Å²) in [5.74, 6) is 0. The Morgan fingerprint density at radius 3 is 1.00 bits per heavy atom. The molecule has 0 aromatic heterocycles. The molecule has 0 fully saturated rings. The summed E-state index contributed by atoms with van der Waals surface area (Å²) in [5.41, 5.74) is 0. The third-order valence-corrected chi connectivity index (χ3v) is 1.60. The Bertz CT molecular complexity index is 305. The Morgan fingerprint density at radius 2 is 1.00 bits per heavy atom. The van der Waals surface area contributed by atoms with Crippen molar-refractivity contribution in [3.05, 3.63) is 13.2 Å². The lowest BCUT2D eigenvalue weighted by Crippen LogP contribution is -2.01. The minimum Gasteiger partial charge on any atom is -0.344 e. The fraction of sp³-hybridized carbons (Fsp3) is 0.667. The van der Waals surface area contributed by atoms with Gasteiger partial charge in [-0.15, -0.1) is 13.2 Å². The van der Waals surface area contributed by atoms with Gasteiger partial charge in [-0.2, -0.15) is 16.8 Å². The molecule has 116 valence electrons. The molecule has 0 aromatic carbocycles. The summed E-state index contributed by atoms with van der Waals surface area (Å²) in [5, 5.41) is 0. The zero-order valence-corrected chi connectivity index (χ0v) is 12.0. The van der Waals surface area contributed by atoms with Crippen LogP contribution in [0.15, 0.2) is 13.2 Å². The highest BCUT2D eigenvalue weighted by atomic mass is 32.3. The van der Waals surface area contributed by atoms with Crippen LogP contribution in [0, 0.1) is 0 Å². The first-order chi connectivity index (χ1) is 7.12. The monoisotopic (exact) mass is 314 g/mol. The summed E-state index contributed by atoms with van der Waals surface area (Å²) in [6.07, 6.45) is 0. The van der Waals surface area contributed by atoms with Gasteiger partial charge in [0.05, 0.1) is 13.2 Å². The second kappa shape index (κ2) is 16.4. The summed E-state index contributed by atoms with van der Waals surface area (Å²) in [6, 6.07) is 0. The fourth-order valence-electron chi connectivity index (χ4n) is 0.298. The molecule has 0 amide bonds. The lowest BCUT2D eigenvalue weighted by molar-refractivity contribution is 0.281. The van der Waals surface area contributed by atoms with Crippen LogP contribution in [0.25, 0.3) is 0 Å². The van der Waals surface area contributed by atoms with Crippen LogP contribution >= 0.6 is 0 Å². The molecule has 0 atom stereocenters. The van der Waals surface area contributed by atoms with E-state index in [-0.39, 0.29) is 25.5 Å². The zero-order chi connectivity index (χ0) is 13.8. The number of hydrogen-bond acceptors (Lipinski definition) is 8. The summed E-state index contributed by atoms with van der Waals surface area (Å²) >= 11 is 0. The second-order valence-electron chi connectivity index (χ2n) is 1.67. The third kappa shape index (κ3) is 58.3. The van der Waals surface area contributed by atoms with Crippen molar-refractivity contribution in [2.45, 2.75) is 13.8 Å². The molecule has 0 unspecified atom stereocenters. The van der Waals surface area contributed by atoms with Gasteiger partial charge in [0.1, 0.15) is 0 Å². The van der Waals surface area contributed by atoms with Crippen LogP contribution < -0.4 is 12.3 Å². The molecule has 0 heterocycles. The molecular weight excluding hydrogens is 292 g/mol. The predicted octanol–water partition coefficient (Wildman–Crippen LogP) is 0.778. The molecule has 8 N–H and O–H groups in total. The molecule has 0 saturated carbocycles. The molecule has 0 rings (SSSR count). The molecule has 18 heavy (non-hydrogen) atoms. The number of hydrogen-bond donors (Lipinski definition) is 4. The van der Waals surface area contributed by atoms with Crippen LogP contribution in [-0.2, 0) is 29.2 Å². The Hall–Kier alpha value is -0.600. The van der Waals surface area contributed by atoms with Crippen molar-refractivity contribution in [3.63, 3.8) is 0 Å². The maximum absolute atomic E-state index is 9.56. The van der Waals surface area contributed by atoms with Crippen molar-refractivity contribution >= 4 is 20.8 Å². The van der Waals surface area contributed by atoms with Gasteiger partial charge in [0.25, 0.3) is 0 Å². The maximum Gasteiger partial charge on any atom is 0.397 e. The summed E-state index contributed by atoms with van der Waals surface area (Å²) in [7, 11) is -8.35. The molecule has 0 aliphatic rings. The zero-order valence-electron chi connectivity index (χ0n) is 10.4. The van der Waals surface area contributed by atoms with Crippen molar-refractivity contribution in [2.24, 2.45) is 0 Å². The van der Waals surface area contributed by atoms with E-state index in [0.717, 1.165) is 0 Å². The molecule has 0 bridgehead atoms. The largest absolute Gasteiger partial charge is 0.397 e. The highest BCUT2D eigenvalue weighted by Crippen LogP contribution is 1.81. The number of rotatable bonds is 4. The molecule has 0 radical (unpaired) electrons. The Balaban J connectivity index is -0.0000000500. The first kappa shape index (κ1) is 30.4. The SMILES string of the molecule is C=C.CCOS(=O)(=O)O.CCOS(=O)(=O)O.N.N. The molecule has 0 aliphatic carbocycles. The molecule has 12 heteroatoms. The highest BCUT2D eigenvalue weighted by Gasteiger charge is 1.98. The minimum absolute atomic E-state index is 0. The van der Waals surface area contributed by atoms with E-state index in [2.05, 4.69) is 21.5 Å². The molecule has 0 aliphatic heterocycles. The van der Waals surface area contributed by atoms with E-state index in [0.29, 0.717) is 0 Å². The van der Waals surface area contributed by atoms with E-state index >= 15 is 0 Å². The van der Waals surface area contributed by atoms with Crippen LogP contribution in [0.1, 0.15) is 13.8 Å². The van der Waals surface area contributed by atoms with Crippen LogP contribution in [-0.4, -0.2) is 39.2 Å². The molecular formula is C6H22N2O8S2. The second-order valence-corrected chi connectivity index (χ2v) is 3.85. The van der Waals surface area contributed by atoms with Gasteiger partial charge in [0.2, 0.25) is 0 Å². The lowest BCUT2D eigenvalue weighted by atomic mass is 10.9. The maximum atomic E-state index is 9.56.